The molecule has 3 aromatic rings. The van der Waals surface area contributed by atoms with Crippen molar-refractivity contribution in [1.82, 2.24) is 15.1 Å². The number of aromatic nitrogens is 2. The highest BCUT2D eigenvalue weighted by atomic mass is 32.2. The van der Waals surface area contributed by atoms with Gasteiger partial charge in [-0.15, -0.1) is 0 Å². The molecule has 5 nitrogen and oxygen atoms in total. The fraction of sp³-hybridized carbons (Fsp3) is 0.235. The molecule has 0 bridgehead atoms. The minimum Gasteiger partial charge on any atom is -0.309 e. The summed E-state index contributed by atoms with van der Waals surface area (Å²) in [7, 11) is 0.408. The molecule has 0 saturated heterocycles. The molecule has 3 rings (SSSR count). The number of likely N-dealkylation sites (N-methyl/N-ethyl adjacent to an activating group) is 1. The molecular formula is C17H19N3O2S. The van der Waals surface area contributed by atoms with Gasteiger partial charge in [-0.1, -0.05) is 24.3 Å². The Morgan fingerprint density at radius 1 is 1.09 bits per heavy atom. The van der Waals surface area contributed by atoms with Crippen LogP contribution >= 0.6 is 0 Å². The molecule has 0 saturated carbocycles. The van der Waals surface area contributed by atoms with Crippen molar-refractivity contribution in [2.75, 3.05) is 20.6 Å². The second-order valence-corrected chi connectivity index (χ2v) is 7.64. The van der Waals surface area contributed by atoms with E-state index in [2.05, 4.69) is 15.1 Å². The number of sulfone groups is 1. The number of hydrogen-bond acceptors (Lipinski definition) is 4. The molecule has 0 radical (unpaired) electrons. The number of fused-ring (bicyclic) bond motifs is 1. The van der Waals surface area contributed by atoms with Gasteiger partial charge in [0, 0.05) is 11.9 Å². The smallest absolute Gasteiger partial charge is 0.226 e. The number of aromatic amines is 1. The molecule has 0 unspecified atom stereocenters. The monoisotopic (exact) mass is 329 g/mol. The van der Waals surface area contributed by atoms with Crippen LogP contribution in [-0.2, 0) is 16.3 Å². The SMILES string of the molecule is CN(C)CCc1ccc2[nH]nc(S(=O)(=O)c3ccccc3)c2c1. The summed E-state index contributed by atoms with van der Waals surface area (Å²) < 4.78 is 25.6. The zero-order valence-electron chi connectivity index (χ0n) is 13.2. The molecule has 0 aliphatic heterocycles. The standard InChI is InChI=1S/C17H19N3O2S/c1-20(2)11-10-13-8-9-16-15(12-13)17(19-18-16)23(21,22)14-6-4-3-5-7-14/h3-9,12H,10-11H2,1-2H3,(H,18,19). The van der Waals surface area contributed by atoms with E-state index in [-0.39, 0.29) is 9.92 Å². The molecule has 1 aromatic heterocycles. The van der Waals surface area contributed by atoms with Gasteiger partial charge in [0.25, 0.3) is 0 Å². The first-order valence-electron chi connectivity index (χ1n) is 7.40. The van der Waals surface area contributed by atoms with Crippen molar-refractivity contribution in [3.63, 3.8) is 0 Å². The third-order valence-corrected chi connectivity index (χ3v) is 5.46. The van der Waals surface area contributed by atoms with E-state index in [9.17, 15) is 8.42 Å². The fourth-order valence-electron chi connectivity index (χ4n) is 2.46. The van der Waals surface area contributed by atoms with Crippen molar-refractivity contribution in [2.45, 2.75) is 16.3 Å². The van der Waals surface area contributed by atoms with Crippen LogP contribution in [0.25, 0.3) is 10.9 Å². The first-order valence-corrected chi connectivity index (χ1v) is 8.88. The molecule has 0 fully saturated rings. The van der Waals surface area contributed by atoms with Gasteiger partial charge in [0.05, 0.1) is 10.4 Å². The second-order valence-electron chi connectivity index (χ2n) is 5.78. The van der Waals surface area contributed by atoms with E-state index in [1.165, 1.54) is 0 Å². The normalized spacial score (nSPS) is 12.1. The zero-order chi connectivity index (χ0) is 16.4. The van der Waals surface area contributed by atoms with E-state index >= 15 is 0 Å². The Morgan fingerprint density at radius 2 is 1.83 bits per heavy atom. The summed E-state index contributed by atoms with van der Waals surface area (Å²) >= 11 is 0. The number of hydrogen-bond donors (Lipinski definition) is 1. The maximum atomic E-state index is 12.8. The minimum atomic E-state index is -3.62. The highest BCUT2D eigenvalue weighted by Gasteiger charge is 2.23. The van der Waals surface area contributed by atoms with Crippen LogP contribution in [0, 0.1) is 0 Å². The third-order valence-electron chi connectivity index (χ3n) is 3.75. The van der Waals surface area contributed by atoms with Crippen molar-refractivity contribution in [1.29, 1.82) is 0 Å². The van der Waals surface area contributed by atoms with Crippen molar-refractivity contribution in [3.05, 3.63) is 54.1 Å². The van der Waals surface area contributed by atoms with Crippen molar-refractivity contribution >= 4 is 20.7 Å². The second kappa shape index (κ2) is 6.14. The zero-order valence-corrected chi connectivity index (χ0v) is 14.0. The van der Waals surface area contributed by atoms with Crippen LogP contribution in [0.15, 0.2) is 58.5 Å². The van der Waals surface area contributed by atoms with Gasteiger partial charge >= 0.3 is 0 Å². The fourth-order valence-corrected chi connectivity index (χ4v) is 3.82. The lowest BCUT2D eigenvalue weighted by molar-refractivity contribution is 0.414. The van der Waals surface area contributed by atoms with Crippen LogP contribution in [-0.4, -0.2) is 44.2 Å². The Hall–Kier alpha value is -2.18. The Bertz CT molecular complexity index is 915. The summed E-state index contributed by atoms with van der Waals surface area (Å²) in [6.07, 6.45) is 0.860. The van der Waals surface area contributed by atoms with Crippen LogP contribution in [0.3, 0.4) is 0 Å². The lowest BCUT2D eigenvalue weighted by atomic mass is 10.1. The average molecular weight is 329 g/mol. The predicted octanol–water partition coefficient (Wildman–Crippen LogP) is 2.50. The largest absolute Gasteiger partial charge is 0.309 e. The molecular weight excluding hydrogens is 310 g/mol. The van der Waals surface area contributed by atoms with E-state index in [0.717, 1.165) is 24.0 Å². The summed E-state index contributed by atoms with van der Waals surface area (Å²) in [5, 5.41) is 7.60. The predicted molar refractivity (Wildman–Crippen MR) is 90.2 cm³/mol. The number of nitrogens with one attached hydrogen (secondary N) is 1. The van der Waals surface area contributed by atoms with Crippen molar-refractivity contribution in [3.8, 4) is 0 Å². The molecule has 23 heavy (non-hydrogen) atoms. The first kappa shape index (κ1) is 15.7. The highest BCUT2D eigenvalue weighted by Crippen LogP contribution is 2.27. The maximum Gasteiger partial charge on any atom is 0.226 e. The Kier molecular flexibility index (Phi) is 4.19. The summed E-state index contributed by atoms with van der Waals surface area (Å²) in [6.45, 7) is 0.907. The summed E-state index contributed by atoms with van der Waals surface area (Å²) in [6, 6.07) is 14.2. The quantitative estimate of drug-likeness (QED) is 0.781. The number of benzene rings is 2. The molecule has 2 aromatic carbocycles. The van der Waals surface area contributed by atoms with E-state index in [1.807, 2.05) is 32.3 Å². The van der Waals surface area contributed by atoms with Crippen LogP contribution in [0.2, 0.25) is 0 Å². The Balaban J connectivity index is 2.06. The summed E-state index contributed by atoms with van der Waals surface area (Å²) in [5.74, 6) is 0. The molecule has 6 heteroatoms. The first-order chi connectivity index (χ1) is 11.0. The minimum absolute atomic E-state index is 0.0883. The van der Waals surface area contributed by atoms with Gasteiger partial charge < -0.3 is 4.90 Å². The molecule has 0 spiro atoms. The van der Waals surface area contributed by atoms with Gasteiger partial charge in [-0.25, -0.2) is 8.42 Å². The van der Waals surface area contributed by atoms with Crippen LogP contribution < -0.4 is 0 Å². The van der Waals surface area contributed by atoms with E-state index in [0.29, 0.717) is 5.39 Å². The molecule has 0 aliphatic carbocycles. The summed E-state index contributed by atoms with van der Waals surface area (Å²) in [4.78, 5) is 2.35. The van der Waals surface area contributed by atoms with Crippen molar-refractivity contribution < 1.29 is 8.42 Å². The number of nitrogens with zero attached hydrogens (tertiary/aromatic N) is 2. The molecule has 120 valence electrons. The summed E-state index contributed by atoms with van der Waals surface area (Å²) in [5.41, 5.74) is 1.82. The van der Waals surface area contributed by atoms with E-state index in [1.54, 1.807) is 30.3 Å². The van der Waals surface area contributed by atoms with Crippen molar-refractivity contribution in [2.24, 2.45) is 0 Å². The van der Waals surface area contributed by atoms with E-state index < -0.39 is 9.84 Å². The lowest BCUT2D eigenvalue weighted by Crippen LogP contribution is -2.15. The van der Waals surface area contributed by atoms with Gasteiger partial charge in [0.2, 0.25) is 9.84 Å². The number of rotatable bonds is 5. The van der Waals surface area contributed by atoms with Crippen LogP contribution in [0.4, 0.5) is 0 Å². The van der Waals surface area contributed by atoms with Gasteiger partial charge in [-0.05, 0) is 50.3 Å². The average Bonchev–Trinajstić information content (AvgIpc) is 2.97. The van der Waals surface area contributed by atoms with Gasteiger partial charge in [0.15, 0.2) is 5.03 Å². The molecule has 0 amide bonds. The Labute approximate surface area is 135 Å². The lowest BCUT2D eigenvalue weighted by Gasteiger charge is -2.09. The van der Waals surface area contributed by atoms with Crippen LogP contribution in [0.1, 0.15) is 5.56 Å². The third kappa shape index (κ3) is 3.13. The van der Waals surface area contributed by atoms with Gasteiger partial charge in [-0.2, -0.15) is 5.10 Å². The molecule has 1 heterocycles. The molecule has 0 aliphatic rings. The van der Waals surface area contributed by atoms with Crippen LogP contribution in [0.5, 0.6) is 0 Å². The Morgan fingerprint density at radius 3 is 2.52 bits per heavy atom. The van der Waals surface area contributed by atoms with E-state index in [4.69, 9.17) is 0 Å². The van der Waals surface area contributed by atoms with Gasteiger partial charge in [0.1, 0.15) is 0 Å². The highest BCUT2D eigenvalue weighted by molar-refractivity contribution is 7.91. The molecule has 1 N–H and O–H groups in total. The molecule has 0 atom stereocenters. The number of H-pyrrole nitrogens is 1. The maximum absolute atomic E-state index is 12.8. The van der Waals surface area contributed by atoms with Gasteiger partial charge in [-0.3, -0.25) is 5.10 Å². The topological polar surface area (TPSA) is 66.1 Å².